The van der Waals surface area contributed by atoms with E-state index in [9.17, 15) is 0 Å². The van der Waals surface area contributed by atoms with Gasteiger partial charge in [0.05, 0.1) is 10.7 Å². The van der Waals surface area contributed by atoms with Crippen molar-refractivity contribution in [2.24, 2.45) is 0 Å². The van der Waals surface area contributed by atoms with Crippen molar-refractivity contribution in [1.82, 2.24) is 0 Å². The van der Waals surface area contributed by atoms with Gasteiger partial charge in [0, 0.05) is 23.6 Å². The molecule has 1 aromatic heterocycles. The maximum absolute atomic E-state index is 2.39. The van der Waals surface area contributed by atoms with Crippen molar-refractivity contribution in [3.8, 4) is 0 Å². The maximum atomic E-state index is 2.39. The van der Waals surface area contributed by atoms with Crippen molar-refractivity contribution < 1.29 is 28.5 Å². The van der Waals surface area contributed by atoms with Gasteiger partial charge in [-0.2, -0.15) is 4.57 Å². The Morgan fingerprint density at radius 2 is 1.66 bits per heavy atom. The minimum atomic E-state index is 0. The summed E-state index contributed by atoms with van der Waals surface area (Å²) < 4.78 is 3.73. The largest absolute Gasteiger partial charge is 1.00 e. The van der Waals surface area contributed by atoms with Gasteiger partial charge < -0.3 is 28.9 Å². The molecule has 0 saturated heterocycles. The quantitative estimate of drug-likeness (QED) is 0.170. The van der Waals surface area contributed by atoms with Crippen LogP contribution in [0, 0.1) is 0 Å². The number of rotatable bonds is 7. The van der Waals surface area contributed by atoms with Crippen LogP contribution in [0.25, 0.3) is 16.3 Å². The van der Waals surface area contributed by atoms with Crippen molar-refractivity contribution in [2.45, 2.75) is 51.5 Å². The molecule has 0 atom stereocenters. The van der Waals surface area contributed by atoms with Gasteiger partial charge in [0.2, 0.25) is 5.52 Å². The number of thiazole rings is 1. The van der Waals surface area contributed by atoms with E-state index in [0.717, 1.165) is 25.9 Å². The van der Waals surface area contributed by atoms with Crippen molar-refractivity contribution in [2.75, 3.05) is 11.4 Å². The number of aromatic nitrogens is 1. The molecular weight excluding hydrogens is 615 g/mol. The fourth-order valence-electron chi connectivity index (χ4n) is 5.09. The number of aryl methyl sites for hydroxylation is 1. The number of fused-ring (bicyclic) bond motifs is 2. The molecule has 0 unspecified atom stereocenters. The molecule has 2 aromatic carbocycles. The summed E-state index contributed by atoms with van der Waals surface area (Å²) in [4.78, 5) is 3.73. The van der Waals surface area contributed by atoms with E-state index in [2.05, 4.69) is 127 Å². The van der Waals surface area contributed by atoms with E-state index in [1.165, 1.54) is 54.0 Å². The van der Waals surface area contributed by atoms with E-state index in [-0.39, 0.29) is 24.0 Å². The molecule has 0 fully saturated rings. The van der Waals surface area contributed by atoms with Crippen molar-refractivity contribution >= 4 is 45.1 Å². The van der Waals surface area contributed by atoms with E-state index in [0.29, 0.717) is 0 Å². The Balaban J connectivity index is 0.00000336. The predicted octanol–water partition coefficient (Wildman–Crippen LogP) is 6.24. The van der Waals surface area contributed by atoms with Gasteiger partial charge in [0.25, 0.3) is 5.01 Å². The Kier molecular flexibility index (Phi) is 10.3. The van der Waals surface area contributed by atoms with Gasteiger partial charge in [-0.05, 0) is 81.0 Å². The average Bonchev–Trinajstić information content (AvgIpc) is 3.47. The van der Waals surface area contributed by atoms with E-state index in [4.69, 9.17) is 0 Å². The summed E-state index contributed by atoms with van der Waals surface area (Å²) in [5, 5.41) is 2.60. The first kappa shape index (κ1) is 28.7. The number of allylic oxidation sites excluding steroid dienone is 10. The molecule has 1 aliphatic carbocycles. The minimum absolute atomic E-state index is 0. The van der Waals surface area contributed by atoms with Gasteiger partial charge in [-0.1, -0.05) is 83.8 Å². The van der Waals surface area contributed by atoms with Crippen LogP contribution < -0.4 is 33.4 Å². The standard InChI is InChI=1S/C33H35N2S2.HI/c1-4-34-28-19-8-10-21-30(28)36-32(34)23-12-6-15-26-17-14-18-27(25(26)3)16-7-13-24-33-35(5-2)29-20-9-11-22-31(29)37-33;/h6-13,15-16,19-24H,4-5,14,17-18H2,1-3H3;1H/q+1;/p-1. The zero-order chi connectivity index (χ0) is 25.6. The summed E-state index contributed by atoms with van der Waals surface area (Å²) >= 11 is 3.72. The van der Waals surface area contributed by atoms with Crippen molar-refractivity contribution in [3.63, 3.8) is 0 Å². The third-order valence-corrected chi connectivity index (χ3v) is 9.32. The Morgan fingerprint density at radius 1 is 0.895 bits per heavy atom. The number of hydrogen-bond donors (Lipinski definition) is 0. The second kappa shape index (κ2) is 13.6. The summed E-state index contributed by atoms with van der Waals surface area (Å²) in [6.07, 6.45) is 21.4. The highest BCUT2D eigenvalue weighted by atomic mass is 127. The summed E-state index contributed by atoms with van der Waals surface area (Å²) in [5.74, 6) is 0. The molecule has 0 amide bonds. The molecule has 1 aliphatic heterocycles. The molecule has 0 spiro atoms. The SMILES string of the molecule is CCN1\C(=C/C=C/C=C2\CCCC(/C=C/C=C/c3sc4ccccc4[n+]3CC)=C2C)Sc2ccccc21.[I-]. The molecule has 0 bridgehead atoms. The smallest absolute Gasteiger partial charge is 0.262 e. The van der Waals surface area contributed by atoms with Gasteiger partial charge in [-0.25, -0.2) is 0 Å². The average molecular weight is 651 g/mol. The number of halogens is 1. The highest BCUT2D eigenvalue weighted by molar-refractivity contribution is 8.03. The fraction of sp³-hybridized carbons (Fsp3) is 0.242. The lowest BCUT2D eigenvalue weighted by atomic mass is 9.87. The zero-order valence-corrected chi connectivity index (χ0v) is 26.2. The minimum Gasteiger partial charge on any atom is -1.00 e. The molecule has 0 radical (unpaired) electrons. The van der Waals surface area contributed by atoms with E-state index < -0.39 is 0 Å². The Hall–Kier alpha value is -2.35. The topological polar surface area (TPSA) is 7.12 Å². The summed E-state index contributed by atoms with van der Waals surface area (Å²) in [6.45, 7) is 8.68. The van der Waals surface area contributed by atoms with Crippen LogP contribution in [-0.2, 0) is 6.54 Å². The molecule has 5 heteroatoms. The lowest BCUT2D eigenvalue weighted by molar-refractivity contribution is -0.665. The van der Waals surface area contributed by atoms with Crippen LogP contribution in [-0.4, -0.2) is 6.54 Å². The second-order valence-electron chi connectivity index (χ2n) is 9.27. The molecular formula is C33H35IN2S2. The summed E-state index contributed by atoms with van der Waals surface area (Å²) in [7, 11) is 0. The number of hydrogen-bond acceptors (Lipinski definition) is 3. The zero-order valence-electron chi connectivity index (χ0n) is 22.4. The van der Waals surface area contributed by atoms with Crippen LogP contribution in [0.2, 0.25) is 0 Å². The predicted molar refractivity (Wildman–Crippen MR) is 163 cm³/mol. The van der Waals surface area contributed by atoms with Crippen LogP contribution >= 0.6 is 23.1 Å². The molecule has 2 nitrogen and oxygen atoms in total. The first-order valence-electron chi connectivity index (χ1n) is 13.3. The normalized spacial score (nSPS) is 18.1. The molecule has 2 aliphatic rings. The Bertz CT molecular complexity index is 1470. The van der Waals surface area contributed by atoms with Crippen LogP contribution in [0.3, 0.4) is 0 Å². The lowest BCUT2D eigenvalue weighted by Crippen LogP contribution is -3.00. The first-order valence-corrected chi connectivity index (χ1v) is 14.9. The summed E-state index contributed by atoms with van der Waals surface area (Å²) in [5.41, 5.74) is 6.97. The van der Waals surface area contributed by atoms with Crippen LogP contribution in [0.5, 0.6) is 0 Å². The first-order chi connectivity index (χ1) is 18.2. The van der Waals surface area contributed by atoms with Crippen LogP contribution in [0.1, 0.15) is 45.0 Å². The number of benzene rings is 2. The van der Waals surface area contributed by atoms with Crippen LogP contribution in [0.4, 0.5) is 5.69 Å². The fourth-order valence-corrected chi connectivity index (χ4v) is 7.37. The summed E-state index contributed by atoms with van der Waals surface area (Å²) in [6, 6.07) is 17.3. The van der Waals surface area contributed by atoms with E-state index in [1.807, 2.05) is 23.1 Å². The van der Waals surface area contributed by atoms with Crippen LogP contribution in [0.15, 0.2) is 118 Å². The van der Waals surface area contributed by atoms with Crippen molar-refractivity contribution in [3.05, 3.63) is 118 Å². The van der Waals surface area contributed by atoms with Crippen molar-refractivity contribution in [1.29, 1.82) is 0 Å². The van der Waals surface area contributed by atoms with Gasteiger partial charge in [0.15, 0.2) is 0 Å². The monoisotopic (exact) mass is 650 g/mol. The van der Waals surface area contributed by atoms with Gasteiger partial charge in [-0.15, -0.1) is 0 Å². The van der Waals surface area contributed by atoms with Gasteiger partial charge in [0.1, 0.15) is 11.2 Å². The third kappa shape index (κ3) is 6.27. The molecule has 0 N–H and O–H groups in total. The number of anilines is 1. The second-order valence-corrected chi connectivity index (χ2v) is 11.4. The third-order valence-electron chi connectivity index (χ3n) is 7.06. The highest BCUT2D eigenvalue weighted by Crippen LogP contribution is 2.45. The Labute approximate surface area is 252 Å². The molecule has 3 aromatic rings. The Morgan fingerprint density at radius 3 is 2.50 bits per heavy atom. The van der Waals surface area contributed by atoms with Gasteiger partial charge in [-0.3, -0.25) is 0 Å². The lowest BCUT2D eigenvalue weighted by Gasteiger charge is -2.18. The molecule has 196 valence electrons. The molecule has 2 heterocycles. The number of nitrogens with zero attached hydrogens (tertiary/aromatic N) is 2. The number of para-hydroxylation sites is 2. The molecule has 0 saturated carbocycles. The van der Waals surface area contributed by atoms with E-state index in [1.54, 1.807) is 0 Å². The number of thioether (sulfide) groups is 1. The molecule has 38 heavy (non-hydrogen) atoms. The van der Waals surface area contributed by atoms with E-state index >= 15 is 0 Å². The van der Waals surface area contributed by atoms with Gasteiger partial charge >= 0.3 is 0 Å². The molecule has 5 rings (SSSR count). The maximum Gasteiger partial charge on any atom is 0.262 e. The highest BCUT2D eigenvalue weighted by Gasteiger charge is 2.22.